The molecule has 1 saturated heterocycles. The number of carbonyl (C=O) groups is 1. The van der Waals surface area contributed by atoms with Crippen molar-refractivity contribution >= 4 is 27.8 Å². The van der Waals surface area contributed by atoms with Crippen LogP contribution >= 0.6 is 11.8 Å². The molecule has 1 fully saturated rings. The van der Waals surface area contributed by atoms with Gasteiger partial charge < -0.3 is 5.11 Å². The molecule has 0 aliphatic carbocycles. The standard InChI is InChI=1S/C10H12N2O4S2/c13-9(14)10(3-5-17-7-10)12-18(15,16)8-2-1-4-11-6-8/h1-2,4,6,12H,3,5,7H2,(H,13,14). The van der Waals surface area contributed by atoms with E-state index in [1.54, 1.807) is 0 Å². The maximum Gasteiger partial charge on any atom is 0.325 e. The third-order valence-electron chi connectivity index (χ3n) is 2.71. The van der Waals surface area contributed by atoms with Crippen LogP contribution in [0.5, 0.6) is 0 Å². The van der Waals surface area contributed by atoms with Gasteiger partial charge in [-0.25, -0.2) is 8.42 Å². The highest BCUT2D eigenvalue weighted by atomic mass is 32.2. The van der Waals surface area contributed by atoms with Gasteiger partial charge >= 0.3 is 5.97 Å². The van der Waals surface area contributed by atoms with Crippen molar-refractivity contribution in [3.8, 4) is 0 Å². The quantitative estimate of drug-likeness (QED) is 0.828. The zero-order valence-corrected chi connectivity index (χ0v) is 11.0. The molecule has 1 aliphatic rings. The number of nitrogens with zero attached hydrogens (tertiary/aromatic N) is 1. The Morgan fingerprint density at radius 3 is 2.83 bits per heavy atom. The minimum Gasteiger partial charge on any atom is -0.480 e. The molecule has 2 rings (SSSR count). The highest BCUT2D eigenvalue weighted by Gasteiger charge is 2.45. The smallest absolute Gasteiger partial charge is 0.325 e. The van der Waals surface area contributed by atoms with Gasteiger partial charge in [0, 0.05) is 18.1 Å². The normalized spacial score (nSPS) is 24.0. The van der Waals surface area contributed by atoms with E-state index in [-0.39, 0.29) is 17.1 Å². The Bertz CT molecular complexity index is 538. The second kappa shape index (κ2) is 4.87. The summed E-state index contributed by atoms with van der Waals surface area (Å²) in [7, 11) is -3.85. The third kappa shape index (κ3) is 2.50. The van der Waals surface area contributed by atoms with Crippen LogP contribution in [0.3, 0.4) is 0 Å². The fraction of sp³-hybridized carbons (Fsp3) is 0.400. The first-order valence-electron chi connectivity index (χ1n) is 5.21. The molecule has 0 spiro atoms. The van der Waals surface area contributed by atoms with E-state index in [0.717, 1.165) is 0 Å². The second-order valence-electron chi connectivity index (χ2n) is 3.98. The lowest BCUT2D eigenvalue weighted by Gasteiger charge is -2.24. The molecule has 2 heterocycles. The molecule has 0 bridgehead atoms. The molecular formula is C10H12N2O4S2. The number of pyridine rings is 1. The number of aromatic nitrogens is 1. The van der Waals surface area contributed by atoms with Crippen molar-refractivity contribution in [1.29, 1.82) is 0 Å². The van der Waals surface area contributed by atoms with Gasteiger partial charge in [-0.15, -0.1) is 0 Å². The maximum absolute atomic E-state index is 12.1. The van der Waals surface area contributed by atoms with Crippen LogP contribution < -0.4 is 4.72 Å². The second-order valence-corrected chi connectivity index (χ2v) is 6.77. The van der Waals surface area contributed by atoms with E-state index in [4.69, 9.17) is 0 Å². The van der Waals surface area contributed by atoms with Crippen molar-refractivity contribution in [3.05, 3.63) is 24.5 Å². The summed E-state index contributed by atoms with van der Waals surface area (Å²) >= 11 is 1.42. The van der Waals surface area contributed by atoms with Gasteiger partial charge in [0.05, 0.1) is 0 Å². The van der Waals surface area contributed by atoms with E-state index in [0.29, 0.717) is 5.75 Å². The molecule has 2 N–H and O–H groups in total. The largest absolute Gasteiger partial charge is 0.480 e. The topological polar surface area (TPSA) is 96.4 Å². The van der Waals surface area contributed by atoms with Crippen molar-refractivity contribution in [1.82, 2.24) is 9.71 Å². The number of carboxylic acid groups (broad SMARTS) is 1. The summed E-state index contributed by atoms with van der Waals surface area (Å²) in [6.07, 6.45) is 2.93. The van der Waals surface area contributed by atoms with E-state index >= 15 is 0 Å². The van der Waals surface area contributed by atoms with Crippen LogP contribution in [0.25, 0.3) is 0 Å². The molecule has 1 unspecified atom stereocenters. The van der Waals surface area contributed by atoms with Crippen molar-refractivity contribution in [3.63, 3.8) is 0 Å². The Morgan fingerprint density at radius 1 is 1.56 bits per heavy atom. The molecule has 6 nitrogen and oxygen atoms in total. The van der Waals surface area contributed by atoms with Gasteiger partial charge in [0.1, 0.15) is 10.4 Å². The summed E-state index contributed by atoms with van der Waals surface area (Å²) in [5.74, 6) is -0.274. The zero-order chi connectivity index (χ0) is 13.2. The van der Waals surface area contributed by atoms with Crippen molar-refractivity contribution in [2.24, 2.45) is 0 Å². The molecule has 1 aliphatic heterocycles. The summed E-state index contributed by atoms with van der Waals surface area (Å²) < 4.78 is 26.4. The first-order chi connectivity index (χ1) is 8.46. The number of rotatable bonds is 4. The molecule has 1 aromatic rings. The lowest BCUT2D eigenvalue weighted by atomic mass is 10.0. The first kappa shape index (κ1) is 13.3. The summed E-state index contributed by atoms with van der Waals surface area (Å²) in [4.78, 5) is 15.0. The molecule has 0 radical (unpaired) electrons. The predicted octanol–water partition coefficient (Wildman–Crippen LogP) is 0.320. The minimum atomic E-state index is -3.85. The molecule has 0 amide bonds. The first-order valence-corrected chi connectivity index (χ1v) is 7.85. The fourth-order valence-corrected chi connectivity index (χ4v) is 4.45. The molecule has 1 atom stereocenters. The van der Waals surface area contributed by atoms with Gasteiger partial charge in [-0.05, 0) is 24.3 Å². The number of hydrogen-bond donors (Lipinski definition) is 2. The monoisotopic (exact) mass is 288 g/mol. The highest BCUT2D eigenvalue weighted by Crippen LogP contribution is 2.29. The number of aliphatic carboxylic acids is 1. The highest BCUT2D eigenvalue weighted by molar-refractivity contribution is 7.99. The third-order valence-corrected chi connectivity index (χ3v) is 5.42. The average Bonchev–Trinajstić information content (AvgIpc) is 2.79. The number of thioether (sulfide) groups is 1. The lowest BCUT2D eigenvalue weighted by molar-refractivity contribution is -0.142. The van der Waals surface area contributed by atoms with E-state index in [1.807, 2.05) is 0 Å². The van der Waals surface area contributed by atoms with Crippen LogP contribution in [-0.4, -0.2) is 41.5 Å². The molecular weight excluding hydrogens is 276 g/mol. The van der Waals surface area contributed by atoms with Crippen LogP contribution in [0.4, 0.5) is 0 Å². The fourth-order valence-electron chi connectivity index (χ4n) is 1.68. The van der Waals surface area contributed by atoms with Gasteiger partial charge in [0.25, 0.3) is 0 Å². The Balaban J connectivity index is 2.30. The summed E-state index contributed by atoms with van der Waals surface area (Å²) in [6, 6.07) is 2.87. The van der Waals surface area contributed by atoms with Gasteiger partial charge in [0.15, 0.2) is 0 Å². The molecule has 1 aromatic heterocycles. The van der Waals surface area contributed by atoms with Crippen LogP contribution in [0.2, 0.25) is 0 Å². The summed E-state index contributed by atoms with van der Waals surface area (Å²) in [6.45, 7) is 0. The number of carboxylic acids is 1. The number of hydrogen-bond acceptors (Lipinski definition) is 5. The van der Waals surface area contributed by atoms with Crippen molar-refractivity contribution in [2.75, 3.05) is 11.5 Å². The minimum absolute atomic E-state index is 0.0254. The molecule has 98 valence electrons. The molecule has 18 heavy (non-hydrogen) atoms. The SMILES string of the molecule is O=C(O)C1(NS(=O)(=O)c2cccnc2)CCSC1. The van der Waals surface area contributed by atoms with E-state index in [2.05, 4.69) is 9.71 Å². The van der Waals surface area contributed by atoms with Gasteiger partial charge in [0.2, 0.25) is 10.0 Å². The Kier molecular flexibility index (Phi) is 3.60. The maximum atomic E-state index is 12.1. The van der Waals surface area contributed by atoms with Gasteiger partial charge in [-0.2, -0.15) is 16.5 Å². The van der Waals surface area contributed by atoms with E-state index in [1.165, 1.54) is 36.3 Å². The van der Waals surface area contributed by atoms with Crippen LogP contribution in [-0.2, 0) is 14.8 Å². The molecule has 0 aromatic carbocycles. The van der Waals surface area contributed by atoms with E-state index in [9.17, 15) is 18.3 Å². The van der Waals surface area contributed by atoms with Gasteiger partial charge in [-0.3, -0.25) is 9.78 Å². The van der Waals surface area contributed by atoms with Crippen LogP contribution in [0.15, 0.2) is 29.4 Å². The Hall–Kier alpha value is -1.12. The predicted molar refractivity (Wildman–Crippen MR) is 66.9 cm³/mol. The van der Waals surface area contributed by atoms with Crippen molar-refractivity contribution < 1.29 is 18.3 Å². The molecule has 8 heteroatoms. The van der Waals surface area contributed by atoms with Crippen LogP contribution in [0.1, 0.15) is 6.42 Å². The zero-order valence-electron chi connectivity index (χ0n) is 9.37. The van der Waals surface area contributed by atoms with Crippen molar-refractivity contribution in [2.45, 2.75) is 16.9 Å². The summed E-state index contributed by atoms with van der Waals surface area (Å²) in [5.41, 5.74) is -1.40. The van der Waals surface area contributed by atoms with E-state index < -0.39 is 21.5 Å². The number of nitrogens with one attached hydrogen (secondary N) is 1. The molecule has 0 saturated carbocycles. The number of sulfonamides is 1. The van der Waals surface area contributed by atoms with Crippen LogP contribution in [0, 0.1) is 0 Å². The average molecular weight is 288 g/mol. The Labute approximate surface area is 109 Å². The lowest BCUT2D eigenvalue weighted by Crippen LogP contribution is -2.54. The summed E-state index contributed by atoms with van der Waals surface area (Å²) in [5, 5.41) is 9.22. The van der Waals surface area contributed by atoms with Gasteiger partial charge in [-0.1, -0.05) is 0 Å². The Morgan fingerprint density at radius 2 is 2.33 bits per heavy atom.